The number of benzene rings is 1. The summed E-state index contributed by atoms with van der Waals surface area (Å²) in [6.45, 7) is 1.26. The van der Waals surface area contributed by atoms with E-state index in [-0.39, 0.29) is 0 Å². The number of methoxy groups -OCH3 is 2. The number of hydrogen-bond acceptors (Lipinski definition) is 4. The van der Waals surface area contributed by atoms with E-state index in [0.717, 1.165) is 17.1 Å². The minimum Gasteiger partial charge on any atom is -0.497 e. The van der Waals surface area contributed by atoms with Crippen molar-refractivity contribution in [1.29, 1.82) is 0 Å². The lowest BCUT2D eigenvalue weighted by molar-refractivity contribution is -0.00945. The zero-order chi connectivity index (χ0) is 11.6. The molecule has 2 rings (SSSR count). The molecule has 4 heteroatoms. The van der Waals surface area contributed by atoms with E-state index in [9.17, 15) is 5.11 Å². The normalized spacial score (nSPS) is 17.7. The molecule has 1 aliphatic rings. The van der Waals surface area contributed by atoms with E-state index in [1.807, 2.05) is 18.2 Å². The minimum absolute atomic E-state index is 0.584. The van der Waals surface area contributed by atoms with E-state index in [1.54, 1.807) is 14.2 Å². The number of nitrogens with one attached hydrogen (secondary N) is 1. The predicted molar refractivity (Wildman–Crippen MR) is 61.1 cm³/mol. The molecule has 1 heterocycles. The molecule has 0 spiro atoms. The van der Waals surface area contributed by atoms with Crippen LogP contribution in [0.5, 0.6) is 11.5 Å². The summed E-state index contributed by atoms with van der Waals surface area (Å²) in [5.41, 5.74) is 0.338. The lowest BCUT2D eigenvalue weighted by Crippen LogP contribution is -2.60. The third kappa shape index (κ3) is 2.13. The van der Waals surface area contributed by atoms with Gasteiger partial charge in [0.05, 0.1) is 19.8 Å². The minimum atomic E-state index is -0.639. The van der Waals surface area contributed by atoms with E-state index in [0.29, 0.717) is 19.5 Å². The van der Waals surface area contributed by atoms with Gasteiger partial charge in [-0.1, -0.05) is 0 Å². The van der Waals surface area contributed by atoms with Crippen LogP contribution in [0.15, 0.2) is 18.2 Å². The van der Waals surface area contributed by atoms with E-state index >= 15 is 0 Å². The van der Waals surface area contributed by atoms with Gasteiger partial charge in [0.1, 0.15) is 11.5 Å². The molecule has 0 bridgehead atoms. The molecular weight excluding hydrogens is 206 g/mol. The average molecular weight is 223 g/mol. The molecule has 1 aromatic rings. The van der Waals surface area contributed by atoms with Gasteiger partial charge in [-0.05, 0) is 18.2 Å². The molecule has 1 aromatic carbocycles. The van der Waals surface area contributed by atoms with Crippen LogP contribution in [0.2, 0.25) is 0 Å². The summed E-state index contributed by atoms with van der Waals surface area (Å²) in [7, 11) is 3.26. The second-order valence-corrected chi connectivity index (χ2v) is 4.18. The van der Waals surface area contributed by atoms with Crippen molar-refractivity contribution in [2.45, 2.75) is 12.0 Å². The molecule has 0 unspecified atom stereocenters. The molecule has 4 nitrogen and oxygen atoms in total. The molecular formula is C12H17NO3. The van der Waals surface area contributed by atoms with Crippen LogP contribution in [0.1, 0.15) is 5.56 Å². The van der Waals surface area contributed by atoms with E-state index < -0.39 is 5.60 Å². The third-order valence-corrected chi connectivity index (χ3v) is 2.92. The number of ether oxygens (including phenoxy) is 2. The Morgan fingerprint density at radius 2 is 2.06 bits per heavy atom. The molecule has 1 saturated heterocycles. The molecule has 1 aliphatic heterocycles. The summed E-state index contributed by atoms with van der Waals surface area (Å²) in [5.74, 6) is 1.58. The van der Waals surface area contributed by atoms with E-state index in [2.05, 4.69) is 5.32 Å². The predicted octanol–water partition coefficient (Wildman–Crippen LogP) is 0.581. The maximum atomic E-state index is 10.1. The third-order valence-electron chi connectivity index (χ3n) is 2.92. The first-order chi connectivity index (χ1) is 7.67. The largest absolute Gasteiger partial charge is 0.497 e. The number of rotatable bonds is 4. The molecule has 0 atom stereocenters. The van der Waals surface area contributed by atoms with Crippen LogP contribution in [0.25, 0.3) is 0 Å². The van der Waals surface area contributed by atoms with Crippen LogP contribution in [0.3, 0.4) is 0 Å². The summed E-state index contributed by atoms with van der Waals surface area (Å²) in [6, 6.07) is 5.63. The quantitative estimate of drug-likeness (QED) is 0.784. The molecule has 2 N–H and O–H groups in total. The molecule has 0 radical (unpaired) electrons. The molecule has 16 heavy (non-hydrogen) atoms. The van der Waals surface area contributed by atoms with Crippen LogP contribution in [-0.4, -0.2) is 38.0 Å². The Labute approximate surface area is 95.2 Å². The van der Waals surface area contributed by atoms with E-state index in [4.69, 9.17) is 9.47 Å². The first kappa shape index (κ1) is 11.2. The summed E-state index contributed by atoms with van der Waals surface area (Å²) in [5, 5.41) is 13.2. The zero-order valence-corrected chi connectivity index (χ0v) is 9.62. The maximum Gasteiger partial charge on any atom is 0.122 e. The van der Waals surface area contributed by atoms with Crippen molar-refractivity contribution in [3.8, 4) is 11.5 Å². The zero-order valence-electron chi connectivity index (χ0n) is 9.62. The van der Waals surface area contributed by atoms with Gasteiger partial charge in [0.2, 0.25) is 0 Å². The Kier molecular flexibility index (Phi) is 3.03. The standard InChI is InChI=1S/C12H17NO3/c1-15-10-3-4-11(16-2)9(5-10)6-12(14)7-13-8-12/h3-5,13-14H,6-8H2,1-2H3. The van der Waals surface area contributed by atoms with Gasteiger partial charge in [0, 0.05) is 25.1 Å². The van der Waals surface area contributed by atoms with Crippen LogP contribution in [-0.2, 0) is 6.42 Å². The second kappa shape index (κ2) is 4.31. The lowest BCUT2D eigenvalue weighted by Gasteiger charge is -2.38. The first-order valence-corrected chi connectivity index (χ1v) is 5.31. The van der Waals surface area contributed by atoms with Crippen molar-refractivity contribution in [3.63, 3.8) is 0 Å². The Balaban J connectivity index is 2.22. The number of β-amino-alcohol motifs (C(OH)–C–C–N with tert-alkyl or cyclic N) is 1. The van der Waals surface area contributed by atoms with Gasteiger partial charge in [0.25, 0.3) is 0 Å². The Morgan fingerprint density at radius 3 is 2.56 bits per heavy atom. The summed E-state index contributed by atoms with van der Waals surface area (Å²) >= 11 is 0. The smallest absolute Gasteiger partial charge is 0.122 e. The van der Waals surface area contributed by atoms with Crippen LogP contribution >= 0.6 is 0 Å². The Bertz CT molecular complexity index is 375. The Morgan fingerprint density at radius 1 is 1.31 bits per heavy atom. The van der Waals surface area contributed by atoms with Crippen molar-refractivity contribution in [1.82, 2.24) is 5.32 Å². The summed E-state index contributed by atoms with van der Waals surface area (Å²) in [4.78, 5) is 0. The van der Waals surface area contributed by atoms with Gasteiger partial charge in [-0.15, -0.1) is 0 Å². The number of aliphatic hydroxyl groups is 1. The fourth-order valence-corrected chi connectivity index (χ4v) is 1.91. The molecule has 1 fully saturated rings. The molecule has 0 amide bonds. The first-order valence-electron chi connectivity index (χ1n) is 5.31. The molecule has 88 valence electrons. The molecule has 0 aromatic heterocycles. The van der Waals surface area contributed by atoms with Crippen molar-refractivity contribution in [3.05, 3.63) is 23.8 Å². The average Bonchev–Trinajstić information content (AvgIpc) is 2.27. The van der Waals surface area contributed by atoms with E-state index in [1.165, 1.54) is 0 Å². The highest BCUT2D eigenvalue weighted by molar-refractivity contribution is 5.41. The van der Waals surface area contributed by atoms with Crippen LogP contribution in [0.4, 0.5) is 0 Å². The fraction of sp³-hybridized carbons (Fsp3) is 0.500. The fourth-order valence-electron chi connectivity index (χ4n) is 1.91. The van der Waals surface area contributed by atoms with Crippen molar-refractivity contribution >= 4 is 0 Å². The van der Waals surface area contributed by atoms with Gasteiger partial charge < -0.3 is 19.9 Å². The van der Waals surface area contributed by atoms with Crippen molar-refractivity contribution < 1.29 is 14.6 Å². The number of hydrogen-bond donors (Lipinski definition) is 2. The topological polar surface area (TPSA) is 50.7 Å². The van der Waals surface area contributed by atoms with Gasteiger partial charge >= 0.3 is 0 Å². The van der Waals surface area contributed by atoms with Crippen molar-refractivity contribution in [2.24, 2.45) is 0 Å². The molecule has 0 saturated carbocycles. The highest BCUT2D eigenvalue weighted by Crippen LogP contribution is 2.28. The monoisotopic (exact) mass is 223 g/mol. The second-order valence-electron chi connectivity index (χ2n) is 4.18. The van der Waals surface area contributed by atoms with Gasteiger partial charge in [-0.25, -0.2) is 0 Å². The SMILES string of the molecule is COc1ccc(OC)c(CC2(O)CNC2)c1. The molecule has 0 aliphatic carbocycles. The van der Waals surface area contributed by atoms with Crippen molar-refractivity contribution in [2.75, 3.05) is 27.3 Å². The van der Waals surface area contributed by atoms with Crippen LogP contribution in [0, 0.1) is 0 Å². The van der Waals surface area contributed by atoms with Gasteiger partial charge in [0.15, 0.2) is 0 Å². The van der Waals surface area contributed by atoms with Gasteiger partial charge in [-0.2, -0.15) is 0 Å². The van der Waals surface area contributed by atoms with Gasteiger partial charge in [-0.3, -0.25) is 0 Å². The summed E-state index contributed by atoms with van der Waals surface area (Å²) < 4.78 is 10.4. The summed E-state index contributed by atoms with van der Waals surface area (Å²) in [6.07, 6.45) is 0.584. The Hall–Kier alpha value is -1.26. The van der Waals surface area contributed by atoms with Crippen LogP contribution < -0.4 is 14.8 Å². The maximum absolute atomic E-state index is 10.1. The highest BCUT2D eigenvalue weighted by Gasteiger charge is 2.35. The highest BCUT2D eigenvalue weighted by atomic mass is 16.5. The lowest BCUT2D eigenvalue weighted by atomic mass is 9.89.